The predicted octanol–water partition coefficient (Wildman–Crippen LogP) is 4.21. The highest BCUT2D eigenvalue weighted by Crippen LogP contribution is 2.26. The van der Waals surface area contributed by atoms with Crippen LogP contribution in [-0.2, 0) is 16.4 Å². The maximum absolute atomic E-state index is 12.7. The van der Waals surface area contributed by atoms with E-state index in [0.717, 1.165) is 25.1 Å². The number of sulfonamides is 1. The van der Waals surface area contributed by atoms with Crippen LogP contribution in [0.1, 0.15) is 49.8 Å². The largest absolute Gasteiger partial charge is 0.295 e. The van der Waals surface area contributed by atoms with E-state index >= 15 is 0 Å². The maximum Gasteiger partial charge on any atom is 0.240 e. The van der Waals surface area contributed by atoms with Crippen LogP contribution in [0.25, 0.3) is 0 Å². The normalized spacial score (nSPS) is 17.7. The van der Waals surface area contributed by atoms with E-state index in [9.17, 15) is 8.42 Å². The second kappa shape index (κ2) is 9.13. The van der Waals surface area contributed by atoms with E-state index in [1.165, 1.54) is 31.2 Å². The summed E-state index contributed by atoms with van der Waals surface area (Å²) in [6, 6.07) is 9.40. The van der Waals surface area contributed by atoms with Crippen molar-refractivity contribution in [3.8, 4) is 0 Å². The molecule has 0 bridgehead atoms. The number of likely N-dealkylation sites (tertiary alicyclic amines) is 1. The minimum atomic E-state index is -3.49. The van der Waals surface area contributed by atoms with Crippen molar-refractivity contribution in [3.05, 3.63) is 52.2 Å². The summed E-state index contributed by atoms with van der Waals surface area (Å²) < 4.78 is 28.3. The lowest BCUT2D eigenvalue weighted by Gasteiger charge is -2.30. The van der Waals surface area contributed by atoms with Gasteiger partial charge in [-0.3, -0.25) is 4.90 Å². The first kappa shape index (κ1) is 19.5. The Hall–Kier alpha value is -1.21. The van der Waals surface area contributed by atoms with Crippen molar-refractivity contribution in [2.75, 3.05) is 19.6 Å². The fourth-order valence-corrected chi connectivity index (χ4v) is 5.25. The number of nitrogens with one attached hydrogen (secondary N) is 1. The Kier molecular flexibility index (Phi) is 6.86. The van der Waals surface area contributed by atoms with Gasteiger partial charge in [-0.2, -0.15) is 11.3 Å². The van der Waals surface area contributed by atoms with Crippen molar-refractivity contribution in [1.29, 1.82) is 0 Å². The van der Waals surface area contributed by atoms with Crippen molar-refractivity contribution in [1.82, 2.24) is 9.62 Å². The molecule has 1 saturated heterocycles. The summed E-state index contributed by atoms with van der Waals surface area (Å²) in [7, 11) is -3.49. The molecule has 142 valence electrons. The summed E-state index contributed by atoms with van der Waals surface area (Å²) in [5.74, 6) is 0. The Morgan fingerprint density at radius 1 is 1.08 bits per heavy atom. The molecule has 1 unspecified atom stereocenters. The first-order chi connectivity index (χ1) is 12.6. The quantitative estimate of drug-likeness (QED) is 0.768. The summed E-state index contributed by atoms with van der Waals surface area (Å²) in [5.41, 5.74) is 2.35. The molecular weight excluding hydrogens is 364 g/mol. The fourth-order valence-electron chi connectivity index (χ4n) is 3.51. The number of aryl methyl sites for hydroxylation is 1. The fraction of sp³-hybridized carbons (Fsp3) is 0.500. The van der Waals surface area contributed by atoms with E-state index < -0.39 is 10.0 Å². The molecule has 1 aromatic carbocycles. The van der Waals surface area contributed by atoms with Crippen LogP contribution in [0.5, 0.6) is 0 Å². The molecular formula is C20H28N2O2S2. The van der Waals surface area contributed by atoms with E-state index in [2.05, 4.69) is 33.4 Å². The lowest BCUT2D eigenvalue weighted by molar-refractivity contribution is 0.206. The molecule has 0 amide bonds. The Labute approximate surface area is 161 Å². The molecule has 2 heterocycles. The zero-order chi connectivity index (χ0) is 18.4. The van der Waals surface area contributed by atoms with Gasteiger partial charge in [0.25, 0.3) is 0 Å². The number of thiophene rings is 1. The van der Waals surface area contributed by atoms with Gasteiger partial charge in [0, 0.05) is 12.6 Å². The average Bonchev–Trinajstić information content (AvgIpc) is 3.05. The number of rotatable bonds is 7. The first-order valence-electron chi connectivity index (χ1n) is 9.45. The highest BCUT2D eigenvalue weighted by Gasteiger charge is 2.24. The van der Waals surface area contributed by atoms with E-state index in [4.69, 9.17) is 0 Å². The molecule has 0 spiro atoms. The topological polar surface area (TPSA) is 49.4 Å². The van der Waals surface area contributed by atoms with Crippen molar-refractivity contribution in [2.45, 2.75) is 50.0 Å². The van der Waals surface area contributed by atoms with Crippen molar-refractivity contribution >= 4 is 21.4 Å². The Bertz CT molecular complexity index is 763. The molecule has 1 aliphatic rings. The van der Waals surface area contributed by atoms with Crippen molar-refractivity contribution < 1.29 is 8.42 Å². The molecule has 26 heavy (non-hydrogen) atoms. The third-order valence-corrected chi connectivity index (χ3v) is 7.26. The average molecular weight is 393 g/mol. The maximum atomic E-state index is 12.7. The van der Waals surface area contributed by atoms with Gasteiger partial charge < -0.3 is 0 Å². The molecule has 1 N–H and O–H groups in total. The zero-order valence-electron chi connectivity index (χ0n) is 15.4. The van der Waals surface area contributed by atoms with Crippen LogP contribution in [0.2, 0.25) is 0 Å². The standard InChI is InChI=1S/C20H28N2O2S2/c1-2-17-7-9-19(10-8-17)26(23,24)21-15-20(18-11-14-25-16-18)22-12-5-3-4-6-13-22/h7-11,14,16,20-21H,2-6,12-13,15H2,1H3. The molecule has 4 nitrogen and oxygen atoms in total. The second-order valence-electron chi connectivity index (χ2n) is 6.87. The van der Waals surface area contributed by atoms with Crippen LogP contribution < -0.4 is 4.72 Å². The molecule has 1 fully saturated rings. The van der Waals surface area contributed by atoms with Gasteiger partial charge in [0.1, 0.15) is 0 Å². The monoisotopic (exact) mass is 392 g/mol. The second-order valence-corrected chi connectivity index (χ2v) is 9.42. The van der Waals surface area contributed by atoms with Gasteiger partial charge >= 0.3 is 0 Å². The van der Waals surface area contributed by atoms with E-state index in [1.807, 2.05) is 12.1 Å². The van der Waals surface area contributed by atoms with Crippen molar-refractivity contribution in [3.63, 3.8) is 0 Å². The molecule has 1 aromatic heterocycles. The van der Waals surface area contributed by atoms with E-state index in [-0.39, 0.29) is 6.04 Å². The smallest absolute Gasteiger partial charge is 0.240 e. The van der Waals surface area contributed by atoms with E-state index in [0.29, 0.717) is 11.4 Å². The van der Waals surface area contributed by atoms with Crippen LogP contribution in [0.15, 0.2) is 46.0 Å². The van der Waals surface area contributed by atoms with Crippen LogP contribution in [-0.4, -0.2) is 33.0 Å². The van der Waals surface area contributed by atoms with Gasteiger partial charge in [-0.1, -0.05) is 31.9 Å². The van der Waals surface area contributed by atoms with Gasteiger partial charge in [0.2, 0.25) is 10.0 Å². The predicted molar refractivity (Wildman–Crippen MR) is 108 cm³/mol. The third-order valence-electron chi connectivity index (χ3n) is 5.12. The number of hydrogen-bond acceptors (Lipinski definition) is 4. The Morgan fingerprint density at radius 3 is 2.35 bits per heavy atom. The zero-order valence-corrected chi connectivity index (χ0v) is 17.0. The summed E-state index contributed by atoms with van der Waals surface area (Å²) >= 11 is 1.67. The summed E-state index contributed by atoms with van der Waals surface area (Å²) in [6.07, 6.45) is 5.81. The molecule has 6 heteroatoms. The highest BCUT2D eigenvalue weighted by atomic mass is 32.2. The molecule has 1 aliphatic heterocycles. The SMILES string of the molecule is CCc1ccc(S(=O)(=O)NCC(c2ccsc2)N2CCCCCC2)cc1. The minimum Gasteiger partial charge on any atom is -0.295 e. The number of benzene rings is 1. The molecule has 0 saturated carbocycles. The third kappa shape index (κ3) is 4.94. The molecule has 1 atom stereocenters. The van der Waals surface area contributed by atoms with Crippen LogP contribution >= 0.6 is 11.3 Å². The summed E-state index contributed by atoms with van der Waals surface area (Å²) in [5, 5.41) is 4.21. The van der Waals surface area contributed by atoms with Gasteiger partial charge in [-0.25, -0.2) is 13.1 Å². The number of hydrogen-bond donors (Lipinski definition) is 1. The van der Waals surface area contributed by atoms with Gasteiger partial charge in [-0.05, 0) is 72.4 Å². The van der Waals surface area contributed by atoms with Crippen LogP contribution in [0.4, 0.5) is 0 Å². The molecule has 0 radical (unpaired) electrons. The minimum absolute atomic E-state index is 0.101. The molecule has 3 rings (SSSR count). The number of nitrogens with zero attached hydrogens (tertiary/aromatic N) is 1. The first-order valence-corrected chi connectivity index (χ1v) is 11.9. The van der Waals surface area contributed by atoms with Crippen LogP contribution in [0.3, 0.4) is 0 Å². The summed E-state index contributed by atoms with van der Waals surface area (Å²) in [6.45, 7) is 4.55. The lowest BCUT2D eigenvalue weighted by Crippen LogP contribution is -2.38. The van der Waals surface area contributed by atoms with Crippen molar-refractivity contribution in [2.24, 2.45) is 0 Å². The van der Waals surface area contributed by atoms with E-state index in [1.54, 1.807) is 23.5 Å². The van der Waals surface area contributed by atoms with Crippen LogP contribution in [0, 0.1) is 0 Å². The Morgan fingerprint density at radius 2 is 1.77 bits per heavy atom. The van der Waals surface area contributed by atoms with Gasteiger partial charge in [0.15, 0.2) is 0 Å². The highest BCUT2D eigenvalue weighted by molar-refractivity contribution is 7.89. The summed E-state index contributed by atoms with van der Waals surface area (Å²) in [4.78, 5) is 2.78. The van der Waals surface area contributed by atoms with Gasteiger partial charge in [0.05, 0.1) is 4.90 Å². The molecule has 0 aliphatic carbocycles. The Balaban J connectivity index is 1.73. The van der Waals surface area contributed by atoms with Gasteiger partial charge in [-0.15, -0.1) is 0 Å². The molecule has 2 aromatic rings. The lowest BCUT2D eigenvalue weighted by atomic mass is 10.1.